The highest BCUT2D eigenvalue weighted by Gasteiger charge is 2.29. The van der Waals surface area contributed by atoms with Crippen LogP contribution in [0.1, 0.15) is 71.7 Å². The molecule has 0 amide bonds. The highest BCUT2D eigenvalue weighted by molar-refractivity contribution is 7.71. The standard InChI is InChI=1S/C15H27NS2/c1-8-9-10-16-13(17)11(14(2,3)4)12(18-16)15(5,6)7/h8-10H2,1-7H3. The van der Waals surface area contributed by atoms with Crippen LogP contribution in [0, 0.1) is 4.64 Å². The van der Waals surface area contributed by atoms with Gasteiger partial charge in [-0.2, -0.15) is 0 Å². The van der Waals surface area contributed by atoms with E-state index in [1.165, 1.54) is 23.3 Å². The van der Waals surface area contributed by atoms with Crippen LogP contribution in [-0.4, -0.2) is 3.96 Å². The Hall–Kier alpha value is -0.150. The van der Waals surface area contributed by atoms with Gasteiger partial charge in [0.2, 0.25) is 0 Å². The number of hydrogen-bond donors (Lipinski definition) is 0. The third-order valence-corrected chi connectivity index (χ3v) is 5.14. The Balaban J connectivity index is 3.38. The second kappa shape index (κ2) is 5.46. The van der Waals surface area contributed by atoms with Crippen LogP contribution >= 0.6 is 23.8 Å². The summed E-state index contributed by atoms with van der Waals surface area (Å²) in [5.74, 6) is 0. The average Bonchev–Trinajstić information content (AvgIpc) is 2.51. The van der Waals surface area contributed by atoms with Gasteiger partial charge in [-0.25, -0.2) is 0 Å². The van der Waals surface area contributed by atoms with Crippen LogP contribution in [-0.2, 0) is 17.4 Å². The molecular weight excluding hydrogens is 258 g/mol. The minimum atomic E-state index is 0.133. The van der Waals surface area contributed by atoms with Crippen molar-refractivity contribution in [2.24, 2.45) is 0 Å². The van der Waals surface area contributed by atoms with E-state index in [-0.39, 0.29) is 10.8 Å². The summed E-state index contributed by atoms with van der Waals surface area (Å²) in [6, 6.07) is 0. The summed E-state index contributed by atoms with van der Waals surface area (Å²) in [7, 11) is 0. The maximum absolute atomic E-state index is 5.72. The zero-order valence-electron chi connectivity index (χ0n) is 12.9. The Morgan fingerprint density at radius 2 is 1.61 bits per heavy atom. The van der Waals surface area contributed by atoms with Crippen molar-refractivity contribution < 1.29 is 0 Å². The van der Waals surface area contributed by atoms with Gasteiger partial charge in [0.15, 0.2) is 0 Å². The SMILES string of the molecule is CCCCn1sc(C(C)(C)C)c(C(C)(C)C)c1=S. The molecular formula is C15H27NS2. The smallest absolute Gasteiger partial charge is 0.120 e. The molecule has 0 fully saturated rings. The molecule has 3 heteroatoms. The van der Waals surface area contributed by atoms with Crippen molar-refractivity contribution in [1.29, 1.82) is 0 Å². The van der Waals surface area contributed by atoms with E-state index in [9.17, 15) is 0 Å². The Morgan fingerprint density at radius 1 is 1.06 bits per heavy atom. The Bertz CT molecular complexity index is 452. The van der Waals surface area contributed by atoms with Crippen molar-refractivity contribution in [3.63, 3.8) is 0 Å². The minimum absolute atomic E-state index is 0.133. The molecule has 18 heavy (non-hydrogen) atoms. The summed E-state index contributed by atoms with van der Waals surface area (Å²) < 4.78 is 3.38. The first-order chi connectivity index (χ1) is 8.09. The number of hydrogen-bond acceptors (Lipinski definition) is 2. The fourth-order valence-electron chi connectivity index (χ4n) is 2.04. The fraction of sp³-hybridized carbons (Fsp3) is 0.800. The molecule has 1 aromatic rings. The summed E-state index contributed by atoms with van der Waals surface area (Å²) in [6.45, 7) is 17.0. The monoisotopic (exact) mass is 285 g/mol. The third-order valence-electron chi connectivity index (χ3n) is 3.01. The molecule has 104 valence electrons. The number of aryl methyl sites for hydroxylation is 1. The van der Waals surface area contributed by atoms with E-state index in [0.29, 0.717) is 0 Å². The van der Waals surface area contributed by atoms with Crippen molar-refractivity contribution in [3.8, 4) is 0 Å². The molecule has 0 bridgehead atoms. The van der Waals surface area contributed by atoms with Crippen LogP contribution in [0.4, 0.5) is 0 Å². The molecule has 1 aromatic heterocycles. The minimum Gasteiger partial charge on any atom is -0.288 e. The van der Waals surface area contributed by atoms with Crippen LogP contribution in [0.25, 0.3) is 0 Å². The van der Waals surface area contributed by atoms with Gasteiger partial charge in [-0.3, -0.25) is 3.96 Å². The lowest BCUT2D eigenvalue weighted by Crippen LogP contribution is -2.19. The topological polar surface area (TPSA) is 4.93 Å². The van der Waals surface area contributed by atoms with Crippen molar-refractivity contribution >= 4 is 23.8 Å². The van der Waals surface area contributed by atoms with Crippen LogP contribution in [0.3, 0.4) is 0 Å². The molecule has 0 radical (unpaired) electrons. The molecule has 0 aliphatic heterocycles. The molecule has 1 heterocycles. The quantitative estimate of drug-likeness (QED) is 0.647. The lowest BCUT2D eigenvalue weighted by atomic mass is 9.81. The van der Waals surface area contributed by atoms with Gasteiger partial charge < -0.3 is 0 Å². The number of rotatable bonds is 3. The molecule has 0 saturated carbocycles. The van der Waals surface area contributed by atoms with Crippen LogP contribution < -0.4 is 0 Å². The lowest BCUT2D eigenvalue weighted by Gasteiger charge is -2.25. The molecule has 1 nitrogen and oxygen atoms in total. The fourth-order valence-corrected chi connectivity index (χ4v) is 4.10. The Labute approximate surface area is 121 Å². The van der Waals surface area contributed by atoms with Gasteiger partial charge >= 0.3 is 0 Å². The van der Waals surface area contributed by atoms with Gasteiger partial charge in [-0.1, -0.05) is 78.6 Å². The van der Waals surface area contributed by atoms with E-state index < -0.39 is 0 Å². The van der Waals surface area contributed by atoms with Crippen LogP contribution in [0.2, 0.25) is 0 Å². The first-order valence-corrected chi connectivity index (χ1v) is 8.02. The van der Waals surface area contributed by atoms with Crippen molar-refractivity contribution in [2.75, 3.05) is 0 Å². The number of nitrogens with zero attached hydrogens (tertiary/aromatic N) is 1. The molecule has 0 saturated heterocycles. The first kappa shape index (κ1) is 15.9. The molecule has 0 spiro atoms. The predicted octanol–water partition coefficient (Wildman–Crippen LogP) is 5.67. The summed E-state index contributed by atoms with van der Waals surface area (Å²) in [5, 5.41) is 0. The molecule has 0 aromatic carbocycles. The van der Waals surface area contributed by atoms with Gasteiger partial charge in [-0.05, 0) is 17.3 Å². The van der Waals surface area contributed by atoms with Gasteiger partial charge in [0.1, 0.15) is 4.64 Å². The summed E-state index contributed by atoms with van der Waals surface area (Å²) >= 11 is 7.59. The van der Waals surface area contributed by atoms with Gasteiger partial charge in [0.05, 0.1) is 0 Å². The molecule has 0 unspecified atom stereocenters. The van der Waals surface area contributed by atoms with Gasteiger partial charge in [-0.15, -0.1) is 0 Å². The zero-order valence-corrected chi connectivity index (χ0v) is 14.5. The van der Waals surface area contributed by atoms with E-state index in [2.05, 4.69) is 52.4 Å². The zero-order chi connectivity index (χ0) is 14.1. The van der Waals surface area contributed by atoms with E-state index in [1.54, 1.807) is 0 Å². The average molecular weight is 286 g/mol. The summed E-state index contributed by atoms with van der Waals surface area (Å²) in [5.41, 5.74) is 1.69. The van der Waals surface area contributed by atoms with Crippen molar-refractivity contribution in [3.05, 3.63) is 15.1 Å². The largest absolute Gasteiger partial charge is 0.288 e. The van der Waals surface area contributed by atoms with E-state index in [4.69, 9.17) is 12.2 Å². The van der Waals surface area contributed by atoms with Crippen molar-refractivity contribution in [1.82, 2.24) is 3.96 Å². The molecule has 0 aliphatic carbocycles. The van der Waals surface area contributed by atoms with E-state index in [0.717, 1.165) is 11.2 Å². The maximum Gasteiger partial charge on any atom is 0.120 e. The second-order valence-corrected chi connectivity index (χ2v) is 8.47. The molecule has 0 N–H and O–H groups in total. The second-order valence-electron chi connectivity index (χ2n) is 7.06. The highest BCUT2D eigenvalue weighted by atomic mass is 32.1. The normalized spacial score (nSPS) is 13.1. The van der Waals surface area contributed by atoms with Gasteiger partial charge in [0, 0.05) is 17.0 Å². The van der Waals surface area contributed by atoms with Crippen LogP contribution in [0.5, 0.6) is 0 Å². The maximum atomic E-state index is 5.72. The summed E-state index contributed by atoms with van der Waals surface area (Å²) in [4.78, 5) is 1.45. The van der Waals surface area contributed by atoms with Crippen LogP contribution in [0.15, 0.2) is 0 Å². The molecule has 0 aliphatic rings. The van der Waals surface area contributed by atoms with E-state index >= 15 is 0 Å². The van der Waals surface area contributed by atoms with Crippen molar-refractivity contribution in [2.45, 2.75) is 78.7 Å². The predicted molar refractivity (Wildman–Crippen MR) is 85.5 cm³/mol. The number of unbranched alkanes of at least 4 members (excludes halogenated alkanes) is 1. The van der Waals surface area contributed by atoms with E-state index in [1.807, 2.05) is 11.5 Å². The lowest BCUT2D eigenvalue weighted by molar-refractivity contribution is 0.537. The highest BCUT2D eigenvalue weighted by Crippen LogP contribution is 2.38. The molecule has 1 rings (SSSR count). The summed E-state index contributed by atoms with van der Waals surface area (Å²) in [6.07, 6.45) is 2.43. The first-order valence-electron chi connectivity index (χ1n) is 6.84. The molecule has 0 atom stereocenters. The number of aromatic nitrogens is 1. The third kappa shape index (κ3) is 3.45. The Morgan fingerprint density at radius 3 is 1.94 bits per heavy atom. The van der Waals surface area contributed by atoms with Gasteiger partial charge in [0.25, 0.3) is 0 Å². The Kier molecular flexibility index (Phi) is 4.82.